The summed E-state index contributed by atoms with van der Waals surface area (Å²) in [5, 5.41) is 2.89. The minimum atomic E-state index is -0.0480. The Balaban J connectivity index is 1.90. The minimum Gasteiger partial charge on any atom is -0.484 e. The van der Waals surface area contributed by atoms with Gasteiger partial charge in [0.1, 0.15) is 5.75 Å². The van der Waals surface area contributed by atoms with E-state index in [0.717, 1.165) is 29.7 Å². The molecule has 18 heavy (non-hydrogen) atoms. The van der Waals surface area contributed by atoms with Crippen molar-refractivity contribution in [2.45, 2.75) is 38.8 Å². The quantitative estimate of drug-likeness (QED) is 0.833. The highest BCUT2D eigenvalue weighted by atomic mass is 16.5. The van der Waals surface area contributed by atoms with Gasteiger partial charge in [0.15, 0.2) is 6.61 Å². The van der Waals surface area contributed by atoms with E-state index in [4.69, 9.17) is 10.5 Å². The highest BCUT2D eigenvalue weighted by Gasteiger charge is 2.23. The molecular formula is C14H20N2O2. The monoisotopic (exact) mass is 248 g/mol. The van der Waals surface area contributed by atoms with Crippen molar-refractivity contribution in [3.05, 3.63) is 29.3 Å². The summed E-state index contributed by atoms with van der Waals surface area (Å²) in [6.07, 6.45) is 2.18. The summed E-state index contributed by atoms with van der Waals surface area (Å²) in [6, 6.07) is 6.20. The fraction of sp³-hybridized carbons (Fsp3) is 0.500. The first kappa shape index (κ1) is 12.9. The van der Waals surface area contributed by atoms with E-state index in [1.807, 2.05) is 32.0 Å². The van der Waals surface area contributed by atoms with E-state index >= 15 is 0 Å². The molecule has 0 radical (unpaired) electrons. The third-order valence-corrected chi connectivity index (χ3v) is 3.03. The lowest BCUT2D eigenvalue weighted by Crippen LogP contribution is -2.30. The predicted octanol–water partition coefficient (Wildman–Crippen LogP) is 1.67. The van der Waals surface area contributed by atoms with Gasteiger partial charge in [-0.3, -0.25) is 4.79 Å². The zero-order valence-electron chi connectivity index (χ0n) is 10.9. The van der Waals surface area contributed by atoms with E-state index in [-0.39, 0.29) is 18.6 Å². The number of amides is 1. The lowest BCUT2D eigenvalue weighted by Gasteiger charge is -2.12. The van der Waals surface area contributed by atoms with Crippen LogP contribution < -0.4 is 15.8 Å². The van der Waals surface area contributed by atoms with E-state index in [1.54, 1.807) is 0 Å². The van der Waals surface area contributed by atoms with Crippen LogP contribution in [0.15, 0.2) is 18.2 Å². The molecule has 0 bridgehead atoms. The molecule has 1 aromatic rings. The van der Waals surface area contributed by atoms with Gasteiger partial charge in [0.25, 0.3) is 5.91 Å². The average Bonchev–Trinajstić information content (AvgIpc) is 3.11. The molecule has 0 saturated heterocycles. The molecule has 1 aliphatic rings. The summed E-state index contributed by atoms with van der Waals surface area (Å²) in [5.41, 5.74) is 7.89. The minimum absolute atomic E-state index is 0.0101. The van der Waals surface area contributed by atoms with Crippen LogP contribution >= 0.6 is 0 Å². The van der Waals surface area contributed by atoms with Gasteiger partial charge in [0.2, 0.25) is 0 Å². The van der Waals surface area contributed by atoms with Gasteiger partial charge in [0, 0.05) is 12.1 Å². The first-order chi connectivity index (χ1) is 8.56. The summed E-state index contributed by atoms with van der Waals surface area (Å²) in [5.74, 6) is 0.693. The molecule has 0 spiro atoms. The number of aryl methyl sites for hydroxylation is 1. The number of benzene rings is 1. The topological polar surface area (TPSA) is 64.3 Å². The third-order valence-electron chi connectivity index (χ3n) is 3.03. The predicted molar refractivity (Wildman–Crippen MR) is 70.4 cm³/mol. The number of hydrogen-bond acceptors (Lipinski definition) is 3. The first-order valence-corrected chi connectivity index (χ1v) is 6.34. The van der Waals surface area contributed by atoms with Crippen molar-refractivity contribution < 1.29 is 9.53 Å². The van der Waals surface area contributed by atoms with Crippen molar-refractivity contribution in [3.8, 4) is 5.75 Å². The Bertz CT molecular complexity index is 439. The maximum absolute atomic E-state index is 11.5. The van der Waals surface area contributed by atoms with Crippen molar-refractivity contribution in [2.75, 3.05) is 6.61 Å². The summed E-state index contributed by atoms with van der Waals surface area (Å²) < 4.78 is 5.51. The number of rotatable bonds is 5. The first-order valence-electron chi connectivity index (χ1n) is 6.34. The van der Waals surface area contributed by atoms with Gasteiger partial charge in [-0.05, 0) is 43.9 Å². The van der Waals surface area contributed by atoms with Gasteiger partial charge < -0.3 is 15.8 Å². The number of nitrogens with two attached hydrogens (primary N) is 1. The van der Waals surface area contributed by atoms with Crippen LogP contribution in [-0.4, -0.2) is 18.6 Å². The second-order valence-corrected chi connectivity index (χ2v) is 4.94. The van der Waals surface area contributed by atoms with Gasteiger partial charge >= 0.3 is 0 Å². The zero-order chi connectivity index (χ0) is 13.1. The third kappa shape index (κ3) is 3.47. The van der Waals surface area contributed by atoms with Crippen molar-refractivity contribution in [2.24, 2.45) is 5.73 Å². The molecule has 0 aliphatic heterocycles. The maximum atomic E-state index is 11.5. The van der Waals surface area contributed by atoms with Gasteiger partial charge in [-0.15, -0.1) is 0 Å². The summed E-state index contributed by atoms with van der Waals surface area (Å²) >= 11 is 0. The Morgan fingerprint density at radius 3 is 2.83 bits per heavy atom. The molecule has 3 N–H and O–H groups in total. The Morgan fingerprint density at radius 2 is 2.28 bits per heavy atom. The molecular weight excluding hydrogens is 228 g/mol. The largest absolute Gasteiger partial charge is 0.484 e. The van der Waals surface area contributed by atoms with Gasteiger partial charge in [0.05, 0.1) is 0 Å². The van der Waals surface area contributed by atoms with Crippen LogP contribution in [0, 0.1) is 6.92 Å². The Labute approximate surface area is 108 Å². The highest BCUT2D eigenvalue weighted by molar-refractivity contribution is 5.78. The number of ether oxygens (including phenoxy) is 1. The van der Waals surface area contributed by atoms with Crippen LogP contribution in [-0.2, 0) is 4.79 Å². The second-order valence-electron chi connectivity index (χ2n) is 4.94. The van der Waals surface area contributed by atoms with Crippen LogP contribution in [0.25, 0.3) is 0 Å². The van der Waals surface area contributed by atoms with Crippen molar-refractivity contribution >= 4 is 5.91 Å². The van der Waals surface area contributed by atoms with E-state index in [9.17, 15) is 4.79 Å². The molecule has 1 aliphatic carbocycles. The molecule has 1 fully saturated rings. The fourth-order valence-corrected chi connectivity index (χ4v) is 1.76. The lowest BCUT2D eigenvalue weighted by atomic mass is 10.1. The number of carbonyl (C=O) groups is 1. The summed E-state index contributed by atoms with van der Waals surface area (Å²) in [4.78, 5) is 11.5. The van der Waals surface area contributed by atoms with Gasteiger partial charge in [-0.2, -0.15) is 0 Å². The maximum Gasteiger partial charge on any atom is 0.258 e. The summed E-state index contributed by atoms with van der Waals surface area (Å²) in [6.45, 7) is 3.98. The number of hydrogen-bond donors (Lipinski definition) is 2. The molecule has 1 saturated carbocycles. The molecule has 98 valence electrons. The number of carbonyl (C=O) groups excluding carboxylic acids is 1. The smallest absolute Gasteiger partial charge is 0.258 e. The molecule has 2 rings (SSSR count). The van der Waals surface area contributed by atoms with Crippen LogP contribution in [0.3, 0.4) is 0 Å². The molecule has 1 amide bonds. The fourth-order valence-electron chi connectivity index (χ4n) is 1.76. The van der Waals surface area contributed by atoms with Gasteiger partial charge in [-0.1, -0.05) is 12.1 Å². The van der Waals surface area contributed by atoms with Crippen LogP contribution in [0.2, 0.25) is 0 Å². The SMILES string of the molecule is Cc1cc([C@H](C)N)ccc1OCC(=O)NC1CC1. The molecule has 4 heteroatoms. The van der Waals surface area contributed by atoms with Crippen LogP contribution in [0.1, 0.15) is 36.9 Å². The Hall–Kier alpha value is -1.55. The van der Waals surface area contributed by atoms with Crippen molar-refractivity contribution in [3.63, 3.8) is 0 Å². The molecule has 0 aromatic heterocycles. The second kappa shape index (κ2) is 5.40. The Kier molecular flexibility index (Phi) is 3.87. The Morgan fingerprint density at radius 1 is 1.56 bits per heavy atom. The van der Waals surface area contributed by atoms with Crippen molar-refractivity contribution in [1.29, 1.82) is 0 Å². The standard InChI is InChI=1S/C14H20N2O2/c1-9-7-11(10(2)15)3-6-13(9)18-8-14(17)16-12-4-5-12/h3,6-7,10,12H,4-5,8,15H2,1-2H3,(H,16,17)/t10-/m0/s1. The average molecular weight is 248 g/mol. The van der Waals surface area contributed by atoms with Crippen LogP contribution in [0.4, 0.5) is 0 Å². The summed E-state index contributed by atoms with van der Waals surface area (Å²) in [7, 11) is 0. The molecule has 0 heterocycles. The normalized spacial score (nSPS) is 16.2. The van der Waals surface area contributed by atoms with E-state index in [1.165, 1.54) is 0 Å². The number of nitrogens with one attached hydrogen (secondary N) is 1. The van der Waals surface area contributed by atoms with Crippen LogP contribution in [0.5, 0.6) is 5.75 Å². The van der Waals surface area contributed by atoms with E-state index in [2.05, 4.69) is 5.32 Å². The zero-order valence-corrected chi connectivity index (χ0v) is 10.9. The van der Waals surface area contributed by atoms with Gasteiger partial charge in [-0.25, -0.2) is 0 Å². The van der Waals surface area contributed by atoms with E-state index in [0.29, 0.717) is 6.04 Å². The molecule has 0 unspecified atom stereocenters. The van der Waals surface area contributed by atoms with E-state index < -0.39 is 0 Å². The molecule has 4 nitrogen and oxygen atoms in total. The molecule has 1 atom stereocenters. The molecule has 1 aromatic carbocycles. The van der Waals surface area contributed by atoms with Crippen molar-refractivity contribution in [1.82, 2.24) is 5.32 Å². The lowest BCUT2D eigenvalue weighted by molar-refractivity contribution is -0.123. The highest BCUT2D eigenvalue weighted by Crippen LogP contribution is 2.22.